The number of ether oxygens (including phenoxy) is 2. The minimum Gasteiger partial charge on any atom is -0.454 e. The largest absolute Gasteiger partial charge is 0.454 e. The van der Waals surface area contributed by atoms with Crippen LogP contribution in [0.5, 0.6) is 11.5 Å². The molecular weight excluding hydrogens is 368 g/mol. The van der Waals surface area contributed by atoms with Crippen LogP contribution in [0, 0.1) is 0 Å². The third-order valence-corrected chi connectivity index (χ3v) is 5.18. The maximum atomic E-state index is 13.0. The molecule has 0 atom stereocenters. The lowest BCUT2D eigenvalue weighted by atomic mass is 9.95. The molecule has 4 rings (SSSR count). The first-order valence-electron chi connectivity index (χ1n) is 9.98. The fraction of sp³-hybridized carbons (Fsp3) is 0.304. The van der Waals surface area contributed by atoms with E-state index < -0.39 is 0 Å². The summed E-state index contributed by atoms with van der Waals surface area (Å²) in [4.78, 5) is 25.6. The van der Waals surface area contributed by atoms with E-state index in [1.54, 1.807) is 42.5 Å². The van der Waals surface area contributed by atoms with Gasteiger partial charge in [0.2, 0.25) is 6.79 Å². The van der Waals surface area contributed by atoms with Gasteiger partial charge in [-0.3, -0.25) is 9.59 Å². The number of amides is 2. The monoisotopic (exact) mass is 392 g/mol. The molecule has 6 heteroatoms. The van der Waals surface area contributed by atoms with Crippen molar-refractivity contribution < 1.29 is 19.1 Å². The van der Waals surface area contributed by atoms with Crippen LogP contribution in [0.2, 0.25) is 0 Å². The quantitative estimate of drug-likeness (QED) is 0.762. The number of benzene rings is 2. The van der Waals surface area contributed by atoms with Crippen molar-refractivity contribution >= 4 is 17.9 Å². The van der Waals surface area contributed by atoms with Gasteiger partial charge in [0, 0.05) is 11.6 Å². The van der Waals surface area contributed by atoms with Crippen molar-refractivity contribution in [1.82, 2.24) is 10.6 Å². The maximum absolute atomic E-state index is 13.0. The molecule has 1 saturated carbocycles. The highest BCUT2D eigenvalue weighted by Crippen LogP contribution is 2.33. The molecule has 0 unspecified atom stereocenters. The number of rotatable bonds is 5. The van der Waals surface area contributed by atoms with E-state index in [-0.39, 0.29) is 30.3 Å². The zero-order valence-electron chi connectivity index (χ0n) is 16.1. The van der Waals surface area contributed by atoms with Gasteiger partial charge in [-0.05, 0) is 48.7 Å². The third kappa shape index (κ3) is 4.77. The summed E-state index contributed by atoms with van der Waals surface area (Å²) in [5.41, 5.74) is 1.45. The van der Waals surface area contributed by atoms with Gasteiger partial charge < -0.3 is 20.1 Å². The lowest BCUT2D eigenvalue weighted by Crippen LogP contribution is -2.41. The van der Waals surface area contributed by atoms with E-state index in [0.717, 1.165) is 31.2 Å². The summed E-state index contributed by atoms with van der Waals surface area (Å²) in [6.45, 7) is 0.183. The van der Waals surface area contributed by atoms with E-state index in [4.69, 9.17) is 9.47 Å². The van der Waals surface area contributed by atoms with Crippen LogP contribution in [0.15, 0.2) is 54.2 Å². The molecule has 1 heterocycles. The topological polar surface area (TPSA) is 76.7 Å². The van der Waals surface area contributed by atoms with Gasteiger partial charge >= 0.3 is 0 Å². The average molecular weight is 392 g/mol. The molecule has 6 nitrogen and oxygen atoms in total. The zero-order valence-corrected chi connectivity index (χ0v) is 16.1. The Kier molecular flexibility index (Phi) is 5.79. The van der Waals surface area contributed by atoms with E-state index in [2.05, 4.69) is 10.6 Å². The molecule has 0 radical (unpaired) electrons. The van der Waals surface area contributed by atoms with Crippen LogP contribution in [-0.4, -0.2) is 24.6 Å². The van der Waals surface area contributed by atoms with Gasteiger partial charge in [0.1, 0.15) is 5.70 Å². The number of fused-ring (bicyclic) bond motifs is 1. The van der Waals surface area contributed by atoms with Gasteiger partial charge in [-0.1, -0.05) is 43.5 Å². The second-order valence-corrected chi connectivity index (χ2v) is 7.30. The first-order valence-corrected chi connectivity index (χ1v) is 9.98. The molecule has 0 saturated heterocycles. The van der Waals surface area contributed by atoms with Crippen molar-refractivity contribution in [3.63, 3.8) is 0 Å². The Morgan fingerprint density at radius 1 is 0.931 bits per heavy atom. The Hall–Kier alpha value is -3.28. The molecule has 1 aliphatic carbocycles. The van der Waals surface area contributed by atoms with Gasteiger partial charge in [-0.15, -0.1) is 0 Å². The first-order chi connectivity index (χ1) is 14.2. The van der Waals surface area contributed by atoms with Crippen LogP contribution in [0.3, 0.4) is 0 Å². The number of carbonyl (C=O) groups excluding carboxylic acids is 2. The molecule has 150 valence electrons. The van der Waals surface area contributed by atoms with Crippen LogP contribution in [0.4, 0.5) is 0 Å². The van der Waals surface area contributed by atoms with Gasteiger partial charge in [0.25, 0.3) is 11.8 Å². The number of hydrogen-bond acceptors (Lipinski definition) is 4. The summed E-state index contributed by atoms with van der Waals surface area (Å²) in [7, 11) is 0. The maximum Gasteiger partial charge on any atom is 0.268 e. The highest BCUT2D eigenvalue weighted by atomic mass is 16.7. The minimum atomic E-state index is -0.323. The average Bonchev–Trinajstić information content (AvgIpc) is 3.22. The number of carbonyl (C=O) groups is 2. The van der Waals surface area contributed by atoms with Crippen molar-refractivity contribution in [2.24, 2.45) is 0 Å². The van der Waals surface area contributed by atoms with E-state index >= 15 is 0 Å². The number of nitrogens with one attached hydrogen (secondary N) is 2. The van der Waals surface area contributed by atoms with Gasteiger partial charge in [0.15, 0.2) is 11.5 Å². The highest BCUT2D eigenvalue weighted by Gasteiger charge is 2.21. The predicted octanol–water partition coefficient (Wildman–Crippen LogP) is 3.64. The number of hydrogen-bond donors (Lipinski definition) is 2. The van der Waals surface area contributed by atoms with E-state index in [1.165, 1.54) is 6.42 Å². The first kappa shape index (κ1) is 19.1. The summed E-state index contributed by atoms with van der Waals surface area (Å²) in [6.07, 6.45) is 7.04. The molecule has 2 amide bonds. The smallest absolute Gasteiger partial charge is 0.268 e. The molecule has 1 aliphatic heterocycles. The van der Waals surface area contributed by atoms with Crippen LogP contribution in [-0.2, 0) is 4.79 Å². The van der Waals surface area contributed by atoms with E-state index in [9.17, 15) is 9.59 Å². The summed E-state index contributed by atoms with van der Waals surface area (Å²) in [5, 5.41) is 5.85. The molecule has 2 aromatic rings. The summed E-state index contributed by atoms with van der Waals surface area (Å²) >= 11 is 0. The normalized spacial score (nSPS) is 16.3. The molecule has 2 aromatic carbocycles. The molecule has 2 N–H and O–H groups in total. The fourth-order valence-corrected chi connectivity index (χ4v) is 3.62. The van der Waals surface area contributed by atoms with Gasteiger partial charge in [-0.25, -0.2) is 0 Å². The predicted molar refractivity (Wildman–Crippen MR) is 109 cm³/mol. The molecule has 0 aromatic heterocycles. The summed E-state index contributed by atoms with van der Waals surface area (Å²) < 4.78 is 10.8. The molecule has 1 fully saturated rings. The second kappa shape index (κ2) is 8.82. The van der Waals surface area contributed by atoms with Crippen molar-refractivity contribution in [3.8, 4) is 11.5 Å². The lowest BCUT2D eigenvalue weighted by molar-refractivity contribution is -0.118. The molecule has 0 spiro atoms. The Bertz CT molecular complexity index is 918. The Balaban J connectivity index is 1.57. The van der Waals surface area contributed by atoms with Gasteiger partial charge in [-0.2, -0.15) is 0 Å². The minimum absolute atomic E-state index is 0.144. The van der Waals surface area contributed by atoms with Crippen LogP contribution >= 0.6 is 0 Å². The fourth-order valence-electron chi connectivity index (χ4n) is 3.62. The van der Waals surface area contributed by atoms with Crippen molar-refractivity contribution in [2.75, 3.05) is 6.79 Å². The van der Waals surface area contributed by atoms with Crippen LogP contribution in [0.25, 0.3) is 6.08 Å². The molecule has 2 aliphatic rings. The standard InChI is InChI=1S/C23H24N2O4/c26-22(17-7-3-1-4-8-17)25-19(23(27)24-18-9-5-2-6-10-18)13-16-11-12-20-21(14-16)29-15-28-20/h1,3-4,7-8,11-14,18H,2,5-6,9-10,15H2,(H,24,27)(H,25,26)/b19-13-. The van der Waals surface area contributed by atoms with E-state index in [1.807, 2.05) is 12.1 Å². The Morgan fingerprint density at radius 2 is 1.69 bits per heavy atom. The van der Waals surface area contributed by atoms with Crippen LogP contribution < -0.4 is 20.1 Å². The van der Waals surface area contributed by atoms with Crippen molar-refractivity contribution in [1.29, 1.82) is 0 Å². The lowest BCUT2D eigenvalue weighted by Gasteiger charge is -2.23. The SMILES string of the molecule is O=C(NC1CCCCC1)/C(=C/c1ccc2c(c1)OCO2)NC(=O)c1ccccc1. The third-order valence-electron chi connectivity index (χ3n) is 5.18. The second-order valence-electron chi connectivity index (χ2n) is 7.30. The highest BCUT2D eigenvalue weighted by molar-refractivity contribution is 6.05. The Labute approximate surface area is 169 Å². The van der Waals surface area contributed by atoms with Crippen LogP contribution in [0.1, 0.15) is 48.0 Å². The van der Waals surface area contributed by atoms with Gasteiger partial charge in [0.05, 0.1) is 0 Å². The Morgan fingerprint density at radius 3 is 2.48 bits per heavy atom. The zero-order chi connectivity index (χ0) is 20.1. The van der Waals surface area contributed by atoms with Crippen molar-refractivity contribution in [2.45, 2.75) is 38.1 Å². The van der Waals surface area contributed by atoms with E-state index in [0.29, 0.717) is 17.1 Å². The molecule has 29 heavy (non-hydrogen) atoms. The molecular formula is C23H24N2O4. The summed E-state index contributed by atoms with van der Waals surface area (Å²) in [5.74, 6) is 0.694. The summed E-state index contributed by atoms with van der Waals surface area (Å²) in [6, 6.07) is 14.4. The van der Waals surface area contributed by atoms with Crippen molar-refractivity contribution in [3.05, 3.63) is 65.4 Å². The molecule has 0 bridgehead atoms.